The van der Waals surface area contributed by atoms with Gasteiger partial charge in [-0.2, -0.15) is 0 Å². The van der Waals surface area contributed by atoms with E-state index in [-0.39, 0.29) is 23.3 Å². The van der Waals surface area contributed by atoms with Gasteiger partial charge in [0.15, 0.2) is 0 Å². The SMILES string of the molecule is CC1CC(=O)N(C)c2cc(S(N)(=O)=O)ccc2O1. The molecule has 1 aromatic rings. The second kappa shape index (κ2) is 4.25. The summed E-state index contributed by atoms with van der Waals surface area (Å²) in [5.41, 5.74) is 0.413. The molecule has 18 heavy (non-hydrogen) atoms. The summed E-state index contributed by atoms with van der Waals surface area (Å²) in [6.45, 7) is 1.79. The zero-order valence-electron chi connectivity index (χ0n) is 10.1. The van der Waals surface area contributed by atoms with Crippen LogP contribution in [-0.4, -0.2) is 27.5 Å². The molecule has 0 aromatic heterocycles. The molecule has 1 atom stereocenters. The first kappa shape index (κ1) is 12.8. The highest BCUT2D eigenvalue weighted by molar-refractivity contribution is 7.89. The van der Waals surface area contributed by atoms with Gasteiger partial charge < -0.3 is 9.64 Å². The molecule has 0 saturated heterocycles. The standard InChI is InChI=1S/C11H14N2O4S/c1-7-5-11(14)13(2)9-6-8(18(12,15)16)3-4-10(9)17-7/h3-4,6-7H,5H2,1-2H3,(H2,12,15,16). The quantitative estimate of drug-likeness (QED) is 0.803. The fourth-order valence-electron chi connectivity index (χ4n) is 1.81. The van der Waals surface area contributed by atoms with Gasteiger partial charge in [-0.1, -0.05) is 0 Å². The number of amides is 1. The average Bonchev–Trinajstić information content (AvgIpc) is 2.35. The van der Waals surface area contributed by atoms with Crippen LogP contribution in [0.4, 0.5) is 5.69 Å². The van der Waals surface area contributed by atoms with E-state index in [1.807, 2.05) is 0 Å². The van der Waals surface area contributed by atoms with Crippen molar-refractivity contribution in [2.24, 2.45) is 5.14 Å². The van der Waals surface area contributed by atoms with E-state index < -0.39 is 10.0 Å². The van der Waals surface area contributed by atoms with Crippen molar-refractivity contribution in [2.75, 3.05) is 11.9 Å². The highest BCUT2D eigenvalue weighted by atomic mass is 32.2. The van der Waals surface area contributed by atoms with Crippen molar-refractivity contribution >= 4 is 21.6 Å². The van der Waals surface area contributed by atoms with E-state index in [2.05, 4.69) is 0 Å². The Bertz CT molecular complexity index is 597. The molecule has 6 nitrogen and oxygen atoms in total. The van der Waals surface area contributed by atoms with Crippen LogP contribution in [0.5, 0.6) is 5.75 Å². The van der Waals surface area contributed by atoms with Crippen LogP contribution in [0.1, 0.15) is 13.3 Å². The van der Waals surface area contributed by atoms with E-state index in [1.165, 1.54) is 23.1 Å². The van der Waals surface area contributed by atoms with Gasteiger partial charge in [0.1, 0.15) is 11.9 Å². The predicted octanol–water partition coefficient (Wildman–Crippen LogP) is 0.468. The van der Waals surface area contributed by atoms with E-state index in [0.29, 0.717) is 11.4 Å². The molecule has 0 fully saturated rings. The molecule has 1 amide bonds. The van der Waals surface area contributed by atoms with Crippen LogP contribution >= 0.6 is 0 Å². The van der Waals surface area contributed by atoms with Gasteiger partial charge in [-0.15, -0.1) is 0 Å². The maximum absolute atomic E-state index is 11.8. The number of rotatable bonds is 1. The molecule has 0 saturated carbocycles. The van der Waals surface area contributed by atoms with Crippen molar-refractivity contribution in [3.8, 4) is 5.75 Å². The van der Waals surface area contributed by atoms with E-state index in [1.54, 1.807) is 14.0 Å². The molecular weight excluding hydrogens is 256 g/mol. The number of benzene rings is 1. The summed E-state index contributed by atoms with van der Waals surface area (Å²) in [7, 11) is -2.22. The second-order valence-corrected chi connectivity index (χ2v) is 5.82. The Hall–Kier alpha value is -1.60. The largest absolute Gasteiger partial charge is 0.488 e. The Kier molecular flexibility index (Phi) is 3.04. The number of hydrogen-bond acceptors (Lipinski definition) is 4. The average molecular weight is 270 g/mol. The first-order valence-electron chi connectivity index (χ1n) is 5.39. The summed E-state index contributed by atoms with van der Waals surface area (Å²) in [6, 6.07) is 4.23. The Morgan fingerprint density at radius 3 is 2.72 bits per heavy atom. The zero-order chi connectivity index (χ0) is 13.5. The minimum Gasteiger partial charge on any atom is -0.488 e. The third kappa shape index (κ3) is 2.32. The summed E-state index contributed by atoms with van der Waals surface area (Å²) in [5.74, 6) is 0.344. The number of ether oxygens (including phenoxy) is 1. The van der Waals surface area contributed by atoms with Crippen LogP contribution in [0, 0.1) is 0 Å². The van der Waals surface area contributed by atoms with E-state index in [4.69, 9.17) is 9.88 Å². The highest BCUT2D eigenvalue weighted by Crippen LogP contribution is 2.33. The van der Waals surface area contributed by atoms with Crippen molar-refractivity contribution in [3.63, 3.8) is 0 Å². The summed E-state index contributed by atoms with van der Waals surface area (Å²) >= 11 is 0. The number of anilines is 1. The van der Waals surface area contributed by atoms with Crippen LogP contribution in [0.25, 0.3) is 0 Å². The maximum atomic E-state index is 11.8. The lowest BCUT2D eigenvalue weighted by Gasteiger charge is -2.16. The number of hydrogen-bond donors (Lipinski definition) is 1. The van der Waals surface area contributed by atoms with Crippen LogP contribution in [-0.2, 0) is 14.8 Å². The molecule has 7 heteroatoms. The number of carbonyl (C=O) groups is 1. The molecule has 1 heterocycles. The van der Waals surface area contributed by atoms with Gasteiger partial charge in [-0.05, 0) is 25.1 Å². The van der Waals surface area contributed by atoms with Gasteiger partial charge in [0, 0.05) is 7.05 Å². The van der Waals surface area contributed by atoms with E-state index in [9.17, 15) is 13.2 Å². The van der Waals surface area contributed by atoms with Gasteiger partial charge in [0.25, 0.3) is 0 Å². The van der Waals surface area contributed by atoms with Gasteiger partial charge in [-0.25, -0.2) is 13.6 Å². The van der Waals surface area contributed by atoms with Gasteiger partial charge in [0.05, 0.1) is 17.0 Å². The fourth-order valence-corrected chi connectivity index (χ4v) is 2.35. The first-order valence-corrected chi connectivity index (χ1v) is 6.94. The molecule has 1 aromatic carbocycles. The molecule has 0 bridgehead atoms. The number of nitrogens with two attached hydrogens (primary N) is 1. The van der Waals surface area contributed by atoms with Crippen molar-refractivity contribution in [1.29, 1.82) is 0 Å². The summed E-state index contributed by atoms with van der Waals surface area (Å²) in [4.78, 5) is 13.2. The van der Waals surface area contributed by atoms with Gasteiger partial charge >= 0.3 is 0 Å². The minimum absolute atomic E-state index is 0.0425. The topological polar surface area (TPSA) is 89.7 Å². The molecule has 0 aliphatic carbocycles. The summed E-state index contributed by atoms with van der Waals surface area (Å²) in [5, 5.41) is 5.06. The van der Waals surface area contributed by atoms with Crippen molar-refractivity contribution in [2.45, 2.75) is 24.3 Å². The Morgan fingerprint density at radius 2 is 2.11 bits per heavy atom. The van der Waals surface area contributed by atoms with Crippen molar-refractivity contribution in [3.05, 3.63) is 18.2 Å². The number of sulfonamides is 1. The van der Waals surface area contributed by atoms with Gasteiger partial charge in [0.2, 0.25) is 15.9 Å². The normalized spacial score (nSPS) is 20.1. The molecule has 0 spiro atoms. The highest BCUT2D eigenvalue weighted by Gasteiger charge is 2.25. The number of carbonyl (C=O) groups excluding carboxylic acids is 1. The van der Waals surface area contributed by atoms with Gasteiger partial charge in [-0.3, -0.25) is 4.79 Å². The first-order chi connectivity index (χ1) is 8.29. The number of fused-ring (bicyclic) bond motifs is 1. The lowest BCUT2D eigenvalue weighted by Crippen LogP contribution is -2.27. The monoisotopic (exact) mass is 270 g/mol. The molecule has 1 unspecified atom stereocenters. The minimum atomic E-state index is -3.80. The maximum Gasteiger partial charge on any atom is 0.238 e. The Morgan fingerprint density at radius 1 is 1.44 bits per heavy atom. The molecule has 1 aliphatic heterocycles. The molecule has 0 radical (unpaired) electrons. The number of nitrogens with zero attached hydrogens (tertiary/aromatic N) is 1. The van der Waals surface area contributed by atoms with E-state index >= 15 is 0 Å². The number of primary sulfonamides is 1. The lowest BCUT2D eigenvalue weighted by atomic mass is 10.2. The van der Waals surface area contributed by atoms with Crippen molar-refractivity contribution < 1.29 is 17.9 Å². The predicted molar refractivity (Wildman–Crippen MR) is 65.9 cm³/mol. The van der Waals surface area contributed by atoms with Crippen LogP contribution in [0.15, 0.2) is 23.1 Å². The zero-order valence-corrected chi connectivity index (χ0v) is 10.9. The summed E-state index contributed by atoms with van der Waals surface area (Å²) in [6.07, 6.45) is -0.00266. The smallest absolute Gasteiger partial charge is 0.238 e. The third-order valence-corrected chi connectivity index (χ3v) is 3.70. The molecule has 2 rings (SSSR count). The molecular formula is C11H14N2O4S. The van der Waals surface area contributed by atoms with E-state index in [0.717, 1.165) is 0 Å². The van der Waals surface area contributed by atoms with Crippen molar-refractivity contribution in [1.82, 2.24) is 0 Å². The second-order valence-electron chi connectivity index (χ2n) is 4.26. The third-order valence-electron chi connectivity index (χ3n) is 2.78. The molecule has 2 N–H and O–H groups in total. The Balaban J connectivity index is 2.57. The lowest BCUT2D eigenvalue weighted by molar-refractivity contribution is -0.119. The molecule has 98 valence electrons. The van der Waals surface area contributed by atoms with Crippen LogP contribution < -0.4 is 14.8 Å². The molecule has 1 aliphatic rings. The summed E-state index contributed by atoms with van der Waals surface area (Å²) < 4.78 is 28.1. The van der Waals surface area contributed by atoms with Crippen LogP contribution in [0.3, 0.4) is 0 Å². The Labute approximate surface area is 105 Å². The van der Waals surface area contributed by atoms with Crippen LogP contribution in [0.2, 0.25) is 0 Å². The fraction of sp³-hybridized carbons (Fsp3) is 0.364.